The van der Waals surface area contributed by atoms with Crippen molar-refractivity contribution < 1.29 is 29.1 Å². The highest BCUT2D eigenvalue weighted by Crippen LogP contribution is 2.37. The van der Waals surface area contributed by atoms with E-state index >= 15 is 0 Å². The van der Waals surface area contributed by atoms with Gasteiger partial charge in [-0.2, -0.15) is 0 Å². The third kappa shape index (κ3) is 9.89. The molecular weight excluding hydrogens is 857 g/mol. The minimum atomic E-state index is -0.824. The zero-order chi connectivity index (χ0) is 46.1. The molecule has 16 nitrogen and oxygen atoms in total. The zero-order valence-electron chi connectivity index (χ0n) is 38.5. The number of aromatic hydroxyl groups is 1. The van der Waals surface area contributed by atoms with Crippen molar-refractivity contribution in [1.29, 1.82) is 0 Å². The Kier molecular flexibility index (Phi) is 13.6. The molecule has 0 aliphatic carbocycles. The third-order valence-electron chi connectivity index (χ3n) is 13.7. The van der Waals surface area contributed by atoms with Crippen molar-refractivity contribution in [3.8, 4) is 33.3 Å². The number of thiazole rings is 1. The number of amides is 2. The van der Waals surface area contributed by atoms with Crippen LogP contribution in [-0.4, -0.2) is 140 Å². The molecule has 3 fully saturated rings. The maximum Gasteiger partial charge on any atom is 0.254 e. The number of rotatable bonds is 14. The van der Waals surface area contributed by atoms with Gasteiger partial charge in [-0.25, -0.2) is 4.98 Å². The molecule has 9 rings (SSSR count). The first kappa shape index (κ1) is 45.5. The van der Waals surface area contributed by atoms with E-state index in [-0.39, 0.29) is 48.6 Å². The summed E-state index contributed by atoms with van der Waals surface area (Å²) in [6, 6.07) is 18.2. The molecule has 3 saturated heterocycles. The van der Waals surface area contributed by atoms with E-state index in [0.29, 0.717) is 34.9 Å². The molecule has 0 bridgehead atoms. The molecule has 2 unspecified atom stereocenters. The van der Waals surface area contributed by atoms with Crippen molar-refractivity contribution in [2.45, 2.75) is 90.1 Å². The normalized spacial score (nSPS) is 22.6. The van der Waals surface area contributed by atoms with E-state index in [1.807, 2.05) is 88.7 Å². The molecule has 350 valence electrons. The van der Waals surface area contributed by atoms with Gasteiger partial charge in [0.05, 0.1) is 45.7 Å². The molecule has 4 aliphatic rings. The second-order valence-corrected chi connectivity index (χ2v) is 19.8. The summed E-state index contributed by atoms with van der Waals surface area (Å²) in [5.41, 5.74) is 7.21. The van der Waals surface area contributed by atoms with Crippen molar-refractivity contribution in [2.75, 3.05) is 69.1 Å². The number of anilines is 2. The van der Waals surface area contributed by atoms with Crippen LogP contribution in [0.1, 0.15) is 75.9 Å². The first-order valence-electron chi connectivity index (χ1n) is 23.4. The lowest BCUT2D eigenvalue weighted by Gasteiger charge is -2.47. The van der Waals surface area contributed by atoms with E-state index in [0.717, 1.165) is 92.0 Å². The van der Waals surface area contributed by atoms with Gasteiger partial charge < -0.3 is 39.9 Å². The Hall–Kier alpha value is -5.62. The fourth-order valence-corrected chi connectivity index (χ4v) is 11.2. The van der Waals surface area contributed by atoms with Gasteiger partial charge in [-0.15, -0.1) is 21.5 Å². The minimum absolute atomic E-state index is 0.0592. The number of aliphatic hydroxyl groups is 1. The van der Waals surface area contributed by atoms with Gasteiger partial charge in [0.25, 0.3) is 5.88 Å². The predicted octanol–water partition coefficient (Wildman–Crippen LogP) is 5.94. The molecule has 66 heavy (non-hydrogen) atoms. The van der Waals surface area contributed by atoms with Crippen LogP contribution in [0.3, 0.4) is 0 Å². The van der Waals surface area contributed by atoms with Crippen LogP contribution in [-0.2, 0) is 9.59 Å². The van der Waals surface area contributed by atoms with E-state index in [4.69, 9.17) is 9.26 Å². The first-order valence-corrected chi connectivity index (χ1v) is 24.3. The second-order valence-electron chi connectivity index (χ2n) is 19.0. The van der Waals surface area contributed by atoms with Gasteiger partial charge in [0.15, 0.2) is 11.6 Å². The summed E-state index contributed by atoms with van der Waals surface area (Å²) in [7, 11) is 0. The summed E-state index contributed by atoms with van der Waals surface area (Å²) in [6.45, 7) is 17.3. The van der Waals surface area contributed by atoms with Crippen molar-refractivity contribution in [1.82, 2.24) is 40.4 Å². The summed E-state index contributed by atoms with van der Waals surface area (Å²) in [5, 5.41) is 40.9. The Bertz CT molecular complexity index is 2480. The lowest BCUT2D eigenvalue weighted by Crippen LogP contribution is -2.59. The number of carbonyl (C=O) groups excluding carboxylic acids is 2. The molecule has 3 aromatic heterocycles. The Morgan fingerprint density at radius 2 is 1.82 bits per heavy atom. The standard InChI is InChI=1S/C49H62N10O6S/c1-29(2)45(49(63)59-27-37(60)19-41(59)48(62)52-31(4)34-12-14-35(15-13-34)46-32(5)51-28-66-46)43-21-44(55-65-43)64-30(3)23-56-16-8-9-33(24-56)25-57-17-18-58-36(26-57)22-50-47-40(58)20-39(53-54-47)38-10-6-7-11-42(38)61/h6-7,10-15,20-21,28-31,33,36-37,41,45,60-61H,8-9,16-19,22-27H2,1-5H3,(H,50,54)(H,52,62)/t30?,31-,33?,36-,37+,41-,45+/m0/s1. The first-order chi connectivity index (χ1) is 31.9. The summed E-state index contributed by atoms with van der Waals surface area (Å²) in [4.78, 5) is 42.6. The van der Waals surface area contributed by atoms with Crippen molar-refractivity contribution in [3.63, 3.8) is 0 Å². The number of piperazine rings is 1. The number of likely N-dealkylation sites (tertiary alicyclic amines) is 2. The van der Waals surface area contributed by atoms with E-state index in [2.05, 4.69) is 45.7 Å². The number of phenols is 1. The van der Waals surface area contributed by atoms with Crippen LogP contribution in [0.2, 0.25) is 0 Å². The van der Waals surface area contributed by atoms with Crippen LogP contribution in [0.15, 0.2) is 70.7 Å². The van der Waals surface area contributed by atoms with Crippen LogP contribution < -0.4 is 20.3 Å². The second kappa shape index (κ2) is 19.7. The van der Waals surface area contributed by atoms with Gasteiger partial charge in [-0.3, -0.25) is 19.4 Å². The largest absolute Gasteiger partial charge is 0.507 e. The molecule has 4 N–H and O–H groups in total. The zero-order valence-corrected chi connectivity index (χ0v) is 39.3. The minimum Gasteiger partial charge on any atom is -0.507 e. The monoisotopic (exact) mass is 918 g/mol. The SMILES string of the molecule is Cc1ncsc1-c1ccc([C@H](C)NC(=O)[C@@H]2C[C@@H](O)CN2C(=O)[C@@H](c2cc(OC(C)CN3CCCC(CN4CCN5c6cc(-c7ccccc7O)nnc6NC[C@H]5C4)C3)no2)C(C)C)cc1. The number of piperidine rings is 1. The van der Waals surface area contributed by atoms with Crippen LogP contribution in [0.4, 0.5) is 11.5 Å². The van der Waals surface area contributed by atoms with Gasteiger partial charge in [-0.05, 0) is 86.5 Å². The van der Waals surface area contributed by atoms with E-state index in [1.54, 1.807) is 23.5 Å². The van der Waals surface area contributed by atoms with Crippen LogP contribution in [0.25, 0.3) is 21.7 Å². The number of fused-ring (bicyclic) bond motifs is 3. The van der Waals surface area contributed by atoms with Crippen molar-refractivity contribution in [2.24, 2.45) is 11.8 Å². The Labute approximate surface area is 390 Å². The van der Waals surface area contributed by atoms with E-state index < -0.39 is 18.1 Å². The smallest absolute Gasteiger partial charge is 0.254 e. The number of nitrogens with zero attached hydrogens (tertiary/aromatic N) is 8. The van der Waals surface area contributed by atoms with Crippen molar-refractivity contribution in [3.05, 3.63) is 83.2 Å². The molecule has 2 aromatic carbocycles. The number of aromatic nitrogens is 4. The molecule has 0 saturated carbocycles. The van der Waals surface area contributed by atoms with E-state index in [9.17, 15) is 19.8 Å². The third-order valence-corrected chi connectivity index (χ3v) is 14.7. The maximum absolute atomic E-state index is 14.3. The highest BCUT2D eigenvalue weighted by atomic mass is 32.1. The maximum atomic E-state index is 14.3. The molecular formula is C49H62N10O6S. The molecule has 7 heterocycles. The van der Waals surface area contributed by atoms with Crippen LogP contribution >= 0.6 is 11.3 Å². The van der Waals surface area contributed by atoms with Gasteiger partial charge in [-0.1, -0.05) is 50.2 Å². The average Bonchev–Trinajstić information content (AvgIpc) is 4.06. The number of aliphatic hydroxyl groups excluding tert-OH is 1. The summed E-state index contributed by atoms with van der Waals surface area (Å²) >= 11 is 1.59. The van der Waals surface area contributed by atoms with E-state index in [1.165, 1.54) is 11.3 Å². The van der Waals surface area contributed by atoms with Gasteiger partial charge >= 0.3 is 0 Å². The summed E-state index contributed by atoms with van der Waals surface area (Å²) in [6.07, 6.45) is 1.47. The van der Waals surface area contributed by atoms with Gasteiger partial charge in [0, 0.05) is 70.4 Å². The number of hydrogen-bond donors (Lipinski definition) is 4. The predicted molar refractivity (Wildman–Crippen MR) is 254 cm³/mol. The number of benzene rings is 2. The summed E-state index contributed by atoms with van der Waals surface area (Å²) < 4.78 is 12.1. The fraction of sp³-hybridized carbons (Fsp3) is 0.510. The number of phenolic OH excluding ortho intramolecular Hbond substituents is 1. The van der Waals surface area contributed by atoms with Gasteiger partial charge in [0.1, 0.15) is 23.8 Å². The highest BCUT2D eigenvalue weighted by molar-refractivity contribution is 7.13. The topological polar surface area (TPSA) is 186 Å². The molecule has 0 radical (unpaired) electrons. The number of aryl methyl sites for hydroxylation is 1. The Morgan fingerprint density at radius 3 is 2.59 bits per heavy atom. The van der Waals surface area contributed by atoms with Crippen molar-refractivity contribution >= 4 is 34.7 Å². The Balaban J connectivity index is 0.764. The van der Waals surface area contributed by atoms with Crippen LogP contribution in [0, 0.1) is 18.8 Å². The molecule has 17 heteroatoms. The van der Waals surface area contributed by atoms with Gasteiger partial charge in [0.2, 0.25) is 11.8 Å². The molecule has 4 aliphatic heterocycles. The Morgan fingerprint density at radius 1 is 1.00 bits per heavy atom. The number of nitrogens with one attached hydrogen (secondary N) is 2. The number of para-hydroxylation sites is 1. The summed E-state index contributed by atoms with van der Waals surface area (Å²) in [5.74, 6) is 0.744. The van der Waals surface area contributed by atoms with Crippen LogP contribution in [0.5, 0.6) is 11.6 Å². The average molecular weight is 919 g/mol. The highest BCUT2D eigenvalue weighted by Gasteiger charge is 2.44. The number of carbonyl (C=O) groups is 2. The number of ether oxygens (including phenoxy) is 1. The number of β-amino-alcohol motifs (C(OH)–C–C–N with tert-alkyl or cyclic N) is 1. The fourth-order valence-electron chi connectivity index (χ4n) is 10.4. The lowest BCUT2D eigenvalue weighted by atomic mass is 9.91. The quantitative estimate of drug-likeness (QED) is 0.103. The molecule has 0 spiro atoms. The number of hydrogen-bond acceptors (Lipinski definition) is 15. The molecule has 2 amide bonds. The molecule has 7 atom stereocenters. The molecule has 5 aromatic rings. The lowest BCUT2D eigenvalue weighted by molar-refractivity contribution is -0.141.